The minimum absolute atomic E-state index is 0. The zero-order chi connectivity index (χ0) is 21.1. The summed E-state index contributed by atoms with van der Waals surface area (Å²) in [5, 5.41) is 3.63. The van der Waals surface area contributed by atoms with Gasteiger partial charge in [-0.15, -0.1) is 12.4 Å². The van der Waals surface area contributed by atoms with E-state index in [1.54, 1.807) is 30.3 Å². The molecule has 0 fully saturated rings. The van der Waals surface area contributed by atoms with Gasteiger partial charge in [0.1, 0.15) is 0 Å². The molecule has 0 aliphatic rings. The molecule has 0 aliphatic carbocycles. The number of halogens is 3. The number of hydrogen-bond acceptors (Lipinski definition) is 3. The molecule has 4 rings (SSSR count). The predicted octanol–water partition coefficient (Wildman–Crippen LogP) is 6.23. The molecule has 5 nitrogen and oxygen atoms in total. The molecule has 3 aromatic carbocycles. The van der Waals surface area contributed by atoms with E-state index >= 15 is 0 Å². The maximum atomic E-state index is 12.6. The Balaban J connectivity index is 0.00000272. The molecule has 160 valence electrons. The van der Waals surface area contributed by atoms with Crippen molar-refractivity contribution in [1.29, 1.82) is 0 Å². The number of rotatable bonds is 6. The van der Waals surface area contributed by atoms with Crippen molar-refractivity contribution in [2.75, 3.05) is 11.1 Å². The number of fused-ring (bicyclic) bond motifs is 1. The van der Waals surface area contributed by atoms with Crippen LogP contribution in [0.5, 0.6) is 0 Å². The summed E-state index contributed by atoms with van der Waals surface area (Å²) in [7, 11) is 0. The summed E-state index contributed by atoms with van der Waals surface area (Å²) < 4.78 is 1.99. The minimum Gasteiger partial charge on any atom is -0.369 e. The van der Waals surface area contributed by atoms with Crippen LogP contribution in [0.25, 0.3) is 11.0 Å². The van der Waals surface area contributed by atoms with Gasteiger partial charge in [0.05, 0.1) is 21.1 Å². The molecule has 0 aliphatic heterocycles. The fourth-order valence-corrected chi connectivity index (χ4v) is 3.69. The number of anilines is 2. The summed E-state index contributed by atoms with van der Waals surface area (Å²) in [6.45, 7) is 0.756. The summed E-state index contributed by atoms with van der Waals surface area (Å²) in [4.78, 5) is 17.1. The number of imidazole rings is 1. The second-order valence-corrected chi connectivity index (χ2v) is 7.81. The molecule has 1 aromatic heterocycles. The summed E-state index contributed by atoms with van der Waals surface area (Å²) in [6, 6.07) is 20.7. The molecule has 3 N–H and O–H groups in total. The minimum atomic E-state index is -0.257. The first-order chi connectivity index (χ1) is 14.5. The Kier molecular flexibility index (Phi) is 7.44. The van der Waals surface area contributed by atoms with Crippen molar-refractivity contribution in [1.82, 2.24) is 9.55 Å². The number of hydrogen-bond donors (Lipinski definition) is 2. The number of aromatic nitrogens is 2. The van der Waals surface area contributed by atoms with Crippen molar-refractivity contribution in [3.05, 3.63) is 87.9 Å². The highest BCUT2D eigenvalue weighted by atomic mass is 35.5. The van der Waals surface area contributed by atoms with E-state index in [9.17, 15) is 4.79 Å². The van der Waals surface area contributed by atoms with Crippen LogP contribution in [-0.2, 0) is 13.0 Å². The molecule has 0 spiro atoms. The third-order valence-corrected chi connectivity index (χ3v) is 5.65. The number of amides is 1. The molecule has 0 radical (unpaired) electrons. The molecular formula is C23H21Cl3N4O. The topological polar surface area (TPSA) is 72.9 Å². The lowest BCUT2D eigenvalue weighted by molar-refractivity contribution is 0.102. The second-order valence-electron chi connectivity index (χ2n) is 7.00. The Morgan fingerprint density at radius 3 is 2.52 bits per heavy atom. The largest absolute Gasteiger partial charge is 0.369 e. The fourth-order valence-electron chi connectivity index (χ4n) is 3.39. The van der Waals surface area contributed by atoms with Crippen molar-refractivity contribution < 1.29 is 4.79 Å². The predicted molar refractivity (Wildman–Crippen MR) is 131 cm³/mol. The van der Waals surface area contributed by atoms with Crippen LogP contribution in [0.1, 0.15) is 22.3 Å². The second kappa shape index (κ2) is 10.1. The molecule has 0 saturated heterocycles. The lowest BCUT2D eigenvalue weighted by Crippen LogP contribution is -2.11. The number of nitrogens with one attached hydrogen (secondary N) is 1. The van der Waals surface area contributed by atoms with Gasteiger partial charge in [-0.1, -0.05) is 53.5 Å². The summed E-state index contributed by atoms with van der Waals surface area (Å²) in [6.07, 6.45) is 1.91. The van der Waals surface area contributed by atoms with Crippen LogP contribution in [0, 0.1) is 0 Å². The highest BCUT2D eigenvalue weighted by molar-refractivity contribution is 6.42. The van der Waals surface area contributed by atoms with Crippen molar-refractivity contribution in [2.45, 2.75) is 19.4 Å². The Morgan fingerprint density at radius 1 is 1.00 bits per heavy atom. The molecule has 1 amide bonds. The maximum absolute atomic E-state index is 12.6. The fraction of sp³-hybridized carbons (Fsp3) is 0.130. The smallest absolute Gasteiger partial charge is 0.255 e. The Labute approximate surface area is 196 Å². The normalized spacial score (nSPS) is 10.6. The Morgan fingerprint density at radius 2 is 1.77 bits per heavy atom. The van der Waals surface area contributed by atoms with Gasteiger partial charge in [-0.3, -0.25) is 4.79 Å². The third-order valence-electron chi connectivity index (χ3n) is 4.91. The molecule has 31 heavy (non-hydrogen) atoms. The number of benzene rings is 3. The summed E-state index contributed by atoms with van der Waals surface area (Å²) >= 11 is 11.9. The van der Waals surface area contributed by atoms with Gasteiger partial charge in [0.2, 0.25) is 5.95 Å². The van der Waals surface area contributed by atoms with Crippen LogP contribution in [0.4, 0.5) is 11.6 Å². The number of nitrogens with two attached hydrogens (primary N) is 1. The molecule has 4 aromatic rings. The van der Waals surface area contributed by atoms with Gasteiger partial charge >= 0.3 is 0 Å². The van der Waals surface area contributed by atoms with Gasteiger partial charge in [0.25, 0.3) is 5.91 Å². The lowest BCUT2D eigenvalue weighted by Gasteiger charge is -2.08. The quantitative estimate of drug-likeness (QED) is 0.347. The number of nitrogen functional groups attached to an aromatic ring is 1. The monoisotopic (exact) mass is 474 g/mol. The van der Waals surface area contributed by atoms with Crippen molar-refractivity contribution in [2.24, 2.45) is 0 Å². The zero-order valence-corrected chi connectivity index (χ0v) is 18.8. The molecule has 0 atom stereocenters. The molecular weight excluding hydrogens is 455 g/mol. The van der Waals surface area contributed by atoms with Crippen molar-refractivity contribution >= 4 is 64.2 Å². The van der Waals surface area contributed by atoms with E-state index in [4.69, 9.17) is 28.9 Å². The van der Waals surface area contributed by atoms with E-state index in [0.29, 0.717) is 32.8 Å². The number of carbonyl (C=O) groups is 1. The summed E-state index contributed by atoms with van der Waals surface area (Å²) in [5.74, 6) is 0.188. The van der Waals surface area contributed by atoms with Gasteiger partial charge in [-0.2, -0.15) is 0 Å². The van der Waals surface area contributed by atoms with Gasteiger partial charge in [0, 0.05) is 17.8 Å². The lowest BCUT2D eigenvalue weighted by atomic mass is 10.1. The van der Waals surface area contributed by atoms with Crippen LogP contribution in [-0.4, -0.2) is 15.5 Å². The standard InChI is InChI=1S/C23H20Cl2N4O.ClH/c24-18-10-9-17(14-19(18)25)27-22(30)16-8-11-21-20(13-16)28-23(26)29(21)12-4-7-15-5-2-1-3-6-15;/h1-3,5-6,8-11,13-14H,4,7,12H2,(H2,26,28)(H,27,30);1H. The molecule has 0 bridgehead atoms. The number of carbonyl (C=O) groups excluding carboxylic acids is 1. The van der Waals surface area contributed by atoms with E-state index in [1.165, 1.54) is 5.56 Å². The van der Waals surface area contributed by atoms with Crippen LogP contribution >= 0.6 is 35.6 Å². The number of nitrogens with zero attached hydrogens (tertiary/aromatic N) is 2. The maximum Gasteiger partial charge on any atom is 0.255 e. The van der Waals surface area contributed by atoms with Crippen molar-refractivity contribution in [3.8, 4) is 0 Å². The van der Waals surface area contributed by atoms with Crippen LogP contribution in [0.2, 0.25) is 10.0 Å². The van der Waals surface area contributed by atoms with Gasteiger partial charge in [-0.25, -0.2) is 4.98 Å². The van der Waals surface area contributed by atoms with E-state index in [0.717, 1.165) is 24.9 Å². The summed E-state index contributed by atoms with van der Waals surface area (Å²) in [5.41, 5.74) is 10.1. The average molecular weight is 476 g/mol. The highest BCUT2D eigenvalue weighted by Crippen LogP contribution is 2.26. The first-order valence-corrected chi connectivity index (χ1v) is 10.3. The Bertz CT molecular complexity index is 1210. The van der Waals surface area contributed by atoms with Gasteiger partial charge in [0.15, 0.2) is 0 Å². The van der Waals surface area contributed by atoms with Crippen molar-refractivity contribution in [3.63, 3.8) is 0 Å². The van der Waals surface area contributed by atoms with Crippen LogP contribution in [0.3, 0.4) is 0 Å². The molecule has 8 heteroatoms. The molecule has 0 unspecified atom stereocenters. The van der Waals surface area contributed by atoms with E-state index < -0.39 is 0 Å². The highest BCUT2D eigenvalue weighted by Gasteiger charge is 2.13. The van der Waals surface area contributed by atoms with E-state index in [-0.39, 0.29) is 18.3 Å². The SMILES string of the molecule is Cl.Nc1nc2cc(C(=O)Nc3ccc(Cl)c(Cl)c3)ccc2n1CCCc1ccccc1. The van der Waals surface area contributed by atoms with E-state index in [2.05, 4.69) is 22.4 Å². The average Bonchev–Trinajstić information content (AvgIpc) is 3.06. The zero-order valence-electron chi connectivity index (χ0n) is 16.5. The molecule has 1 heterocycles. The Hall–Kier alpha value is -2.73. The van der Waals surface area contributed by atoms with Crippen LogP contribution in [0.15, 0.2) is 66.7 Å². The first kappa shape index (κ1) is 22.9. The third kappa shape index (κ3) is 5.31. The van der Waals surface area contributed by atoms with E-state index in [1.807, 2.05) is 28.8 Å². The first-order valence-electron chi connectivity index (χ1n) is 9.57. The van der Waals surface area contributed by atoms with Gasteiger partial charge in [-0.05, 0) is 54.8 Å². The van der Waals surface area contributed by atoms with Gasteiger partial charge < -0.3 is 15.6 Å². The number of aryl methyl sites for hydroxylation is 2. The van der Waals surface area contributed by atoms with Crippen LogP contribution < -0.4 is 11.1 Å². The molecule has 0 saturated carbocycles.